The summed E-state index contributed by atoms with van der Waals surface area (Å²) in [5.74, 6) is 0.840. The van der Waals surface area contributed by atoms with Crippen molar-refractivity contribution in [2.75, 3.05) is 39.7 Å². The van der Waals surface area contributed by atoms with Crippen LogP contribution in [0.1, 0.15) is 12.8 Å². The second-order valence-electron chi connectivity index (χ2n) is 6.88. The minimum Gasteiger partial charge on any atom is -0.497 e. The van der Waals surface area contributed by atoms with Crippen molar-refractivity contribution in [1.82, 2.24) is 4.31 Å². The van der Waals surface area contributed by atoms with Crippen LogP contribution < -0.4 is 19.5 Å². The number of para-hydroxylation sites is 2. The van der Waals surface area contributed by atoms with E-state index in [1.54, 1.807) is 31.4 Å². The van der Waals surface area contributed by atoms with E-state index < -0.39 is 10.0 Å². The van der Waals surface area contributed by atoms with Gasteiger partial charge in [0.1, 0.15) is 22.1 Å². The Morgan fingerprint density at radius 1 is 0.967 bits per heavy atom. The molecule has 3 rings (SSSR count). The van der Waals surface area contributed by atoms with Crippen LogP contribution >= 0.6 is 0 Å². The molecule has 0 saturated carbocycles. The number of methoxy groups -OCH3 is 3. The van der Waals surface area contributed by atoms with E-state index in [0.29, 0.717) is 30.0 Å². The highest BCUT2D eigenvalue weighted by atomic mass is 32.2. The topological polar surface area (TPSA) is 94.2 Å². The number of sulfonamides is 1. The standard InChI is InChI=1S/C21H26N2O6S/c1-27-16-8-9-19(29-3)20(14-16)30(25,26)23-12-10-15(11-13-23)21(24)22-17-6-4-5-7-18(17)28-2/h4-9,14-15H,10-13H2,1-3H3,(H,22,24). The lowest BCUT2D eigenvalue weighted by atomic mass is 9.97. The Hall–Kier alpha value is -2.78. The fraction of sp³-hybridized carbons (Fsp3) is 0.381. The number of rotatable bonds is 7. The number of nitrogens with one attached hydrogen (secondary N) is 1. The molecule has 1 aliphatic rings. The van der Waals surface area contributed by atoms with Crippen LogP contribution in [0.3, 0.4) is 0 Å². The molecule has 1 N–H and O–H groups in total. The van der Waals surface area contributed by atoms with Gasteiger partial charge in [0, 0.05) is 25.1 Å². The molecule has 30 heavy (non-hydrogen) atoms. The molecule has 0 unspecified atom stereocenters. The minimum absolute atomic E-state index is 0.0567. The first-order valence-electron chi connectivity index (χ1n) is 9.56. The zero-order valence-electron chi connectivity index (χ0n) is 17.3. The van der Waals surface area contributed by atoms with Crippen molar-refractivity contribution in [2.24, 2.45) is 5.92 Å². The van der Waals surface area contributed by atoms with Gasteiger partial charge in [-0.2, -0.15) is 4.31 Å². The fourth-order valence-corrected chi connectivity index (χ4v) is 5.11. The van der Waals surface area contributed by atoms with Crippen molar-refractivity contribution >= 4 is 21.6 Å². The van der Waals surface area contributed by atoms with E-state index >= 15 is 0 Å². The maximum atomic E-state index is 13.2. The molecule has 0 aromatic heterocycles. The van der Waals surface area contributed by atoms with E-state index in [9.17, 15) is 13.2 Å². The summed E-state index contributed by atoms with van der Waals surface area (Å²) in [5.41, 5.74) is 0.598. The Morgan fingerprint density at radius 2 is 1.63 bits per heavy atom. The van der Waals surface area contributed by atoms with Gasteiger partial charge in [-0.25, -0.2) is 8.42 Å². The van der Waals surface area contributed by atoms with Gasteiger partial charge in [0.05, 0.1) is 27.0 Å². The number of piperidine rings is 1. The Kier molecular flexibility index (Phi) is 6.84. The molecule has 2 aromatic carbocycles. The van der Waals surface area contributed by atoms with E-state index in [0.717, 1.165) is 0 Å². The van der Waals surface area contributed by atoms with Crippen LogP contribution in [0.4, 0.5) is 5.69 Å². The molecule has 162 valence electrons. The van der Waals surface area contributed by atoms with E-state index in [4.69, 9.17) is 14.2 Å². The summed E-state index contributed by atoms with van der Waals surface area (Å²) in [6.45, 7) is 0.486. The van der Waals surface area contributed by atoms with Gasteiger partial charge < -0.3 is 19.5 Å². The molecule has 2 aromatic rings. The van der Waals surface area contributed by atoms with E-state index in [1.165, 1.54) is 24.6 Å². The third-order valence-electron chi connectivity index (χ3n) is 5.18. The number of carbonyl (C=O) groups is 1. The van der Waals surface area contributed by atoms with Crippen LogP contribution in [0.2, 0.25) is 0 Å². The molecular formula is C21H26N2O6S. The SMILES string of the molecule is COc1ccc(OC)c(S(=O)(=O)N2CCC(C(=O)Nc3ccccc3OC)CC2)c1. The third kappa shape index (κ3) is 4.52. The zero-order chi connectivity index (χ0) is 21.7. The maximum Gasteiger partial charge on any atom is 0.246 e. The monoisotopic (exact) mass is 434 g/mol. The number of anilines is 1. The summed E-state index contributed by atoms with van der Waals surface area (Å²) in [6.07, 6.45) is 0.846. The van der Waals surface area contributed by atoms with Crippen LogP contribution in [0, 0.1) is 5.92 Å². The molecule has 1 amide bonds. The molecule has 0 spiro atoms. The summed E-state index contributed by atoms with van der Waals surface area (Å²) in [6, 6.07) is 11.8. The molecule has 0 radical (unpaired) electrons. The van der Waals surface area contributed by atoms with Crippen molar-refractivity contribution < 1.29 is 27.4 Å². The van der Waals surface area contributed by atoms with Crippen LogP contribution in [-0.4, -0.2) is 53.0 Å². The molecule has 0 bridgehead atoms. The number of benzene rings is 2. The largest absolute Gasteiger partial charge is 0.497 e. The van der Waals surface area contributed by atoms with Gasteiger partial charge >= 0.3 is 0 Å². The number of nitrogens with zero attached hydrogens (tertiary/aromatic N) is 1. The number of carbonyl (C=O) groups excluding carboxylic acids is 1. The average Bonchev–Trinajstić information content (AvgIpc) is 2.79. The number of hydrogen-bond donors (Lipinski definition) is 1. The molecule has 1 saturated heterocycles. The Balaban J connectivity index is 1.70. The van der Waals surface area contributed by atoms with Crippen LogP contribution in [0.5, 0.6) is 17.2 Å². The van der Waals surface area contributed by atoms with Crippen molar-refractivity contribution in [3.8, 4) is 17.2 Å². The normalized spacial score (nSPS) is 15.4. The summed E-state index contributed by atoms with van der Waals surface area (Å²) in [5, 5.41) is 2.88. The van der Waals surface area contributed by atoms with E-state index in [-0.39, 0.29) is 35.6 Å². The Morgan fingerprint density at radius 3 is 2.27 bits per heavy atom. The Bertz CT molecular complexity index is 1000. The predicted octanol–water partition coefficient (Wildman–Crippen LogP) is 2.75. The highest BCUT2D eigenvalue weighted by molar-refractivity contribution is 7.89. The van der Waals surface area contributed by atoms with Crippen molar-refractivity contribution in [3.63, 3.8) is 0 Å². The first kappa shape index (κ1) is 21.9. The predicted molar refractivity (Wildman–Crippen MR) is 113 cm³/mol. The van der Waals surface area contributed by atoms with Crippen LogP contribution in [-0.2, 0) is 14.8 Å². The van der Waals surface area contributed by atoms with Crippen molar-refractivity contribution in [2.45, 2.75) is 17.7 Å². The summed E-state index contributed by atoms with van der Waals surface area (Å²) < 4.78 is 43.4. The first-order chi connectivity index (χ1) is 14.4. The number of ether oxygens (including phenoxy) is 3. The lowest BCUT2D eigenvalue weighted by molar-refractivity contribution is -0.120. The lowest BCUT2D eigenvalue weighted by Crippen LogP contribution is -2.41. The van der Waals surface area contributed by atoms with Gasteiger partial charge in [-0.1, -0.05) is 12.1 Å². The first-order valence-corrected chi connectivity index (χ1v) is 11.0. The van der Waals surface area contributed by atoms with Crippen LogP contribution in [0.15, 0.2) is 47.4 Å². The molecular weight excluding hydrogens is 408 g/mol. The highest BCUT2D eigenvalue weighted by Gasteiger charge is 2.34. The molecule has 9 heteroatoms. The zero-order valence-corrected chi connectivity index (χ0v) is 18.1. The molecule has 0 atom stereocenters. The van der Waals surface area contributed by atoms with E-state index in [2.05, 4.69) is 5.32 Å². The fourth-order valence-electron chi connectivity index (χ4n) is 3.47. The smallest absolute Gasteiger partial charge is 0.246 e. The quantitative estimate of drug-likeness (QED) is 0.720. The minimum atomic E-state index is -3.78. The van der Waals surface area contributed by atoms with Gasteiger partial charge in [0.2, 0.25) is 15.9 Å². The second-order valence-corrected chi connectivity index (χ2v) is 8.79. The second kappa shape index (κ2) is 9.36. The van der Waals surface area contributed by atoms with Gasteiger partial charge in [0.15, 0.2) is 0 Å². The summed E-state index contributed by atoms with van der Waals surface area (Å²) >= 11 is 0. The Labute approximate surface area is 176 Å². The molecule has 0 aliphatic carbocycles. The van der Waals surface area contributed by atoms with Gasteiger partial charge in [0.25, 0.3) is 0 Å². The van der Waals surface area contributed by atoms with Crippen molar-refractivity contribution in [3.05, 3.63) is 42.5 Å². The molecule has 1 aliphatic heterocycles. The number of amides is 1. The molecule has 1 fully saturated rings. The average molecular weight is 435 g/mol. The number of hydrogen-bond acceptors (Lipinski definition) is 6. The highest BCUT2D eigenvalue weighted by Crippen LogP contribution is 2.33. The van der Waals surface area contributed by atoms with Gasteiger partial charge in [-0.05, 0) is 37.1 Å². The molecule has 8 nitrogen and oxygen atoms in total. The summed E-state index contributed by atoms with van der Waals surface area (Å²) in [4.78, 5) is 12.7. The van der Waals surface area contributed by atoms with Crippen molar-refractivity contribution in [1.29, 1.82) is 0 Å². The lowest BCUT2D eigenvalue weighted by Gasteiger charge is -2.31. The van der Waals surface area contributed by atoms with Gasteiger partial charge in [-0.15, -0.1) is 0 Å². The molecule has 1 heterocycles. The van der Waals surface area contributed by atoms with E-state index in [1.807, 2.05) is 12.1 Å². The summed E-state index contributed by atoms with van der Waals surface area (Å²) in [7, 11) is 0.665. The third-order valence-corrected chi connectivity index (χ3v) is 7.10. The maximum absolute atomic E-state index is 13.2. The van der Waals surface area contributed by atoms with Crippen LogP contribution in [0.25, 0.3) is 0 Å². The van der Waals surface area contributed by atoms with Gasteiger partial charge in [-0.3, -0.25) is 4.79 Å².